The van der Waals surface area contributed by atoms with Crippen molar-refractivity contribution in [1.82, 2.24) is 5.32 Å². The summed E-state index contributed by atoms with van der Waals surface area (Å²) in [7, 11) is 0. The molecule has 1 saturated carbocycles. The van der Waals surface area contributed by atoms with Gasteiger partial charge in [0.25, 0.3) is 0 Å². The molecule has 1 fully saturated rings. The van der Waals surface area contributed by atoms with Gasteiger partial charge in [-0.2, -0.15) is 0 Å². The maximum absolute atomic E-state index is 11.6. The molecule has 3 nitrogen and oxygen atoms in total. The van der Waals surface area contributed by atoms with Crippen LogP contribution in [0.5, 0.6) is 0 Å². The highest BCUT2D eigenvalue weighted by atomic mass is 79.9. The summed E-state index contributed by atoms with van der Waals surface area (Å²) in [4.78, 5) is 13.8. The van der Waals surface area contributed by atoms with Gasteiger partial charge in [0.2, 0.25) is 5.91 Å². The van der Waals surface area contributed by atoms with Crippen molar-refractivity contribution in [2.24, 2.45) is 5.73 Å². The Morgan fingerprint density at radius 3 is 2.67 bits per heavy atom. The largest absolute Gasteiger partial charge is 0.368 e. The van der Waals surface area contributed by atoms with Gasteiger partial charge in [-0.1, -0.05) is 19.3 Å². The fraction of sp³-hybridized carbons (Fsp3) is 0.615. The molecule has 1 heterocycles. The minimum absolute atomic E-state index is 0.283. The van der Waals surface area contributed by atoms with E-state index in [1.807, 2.05) is 13.0 Å². The summed E-state index contributed by atoms with van der Waals surface area (Å²) in [5, 5.41) is 3.43. The van der Waals surface area contributed by atoms with Crippen molar-refractivity contribution >= 4 is 33.2 Å². The number of rotatable bonds is 4. The Hall–Kier alpha value is -0.390. The average molecular weight is 331 g/mol. The molecule has 5 heteroatoms. The molecule has 1 aromatic rings. The van der Waals surface area contributed by atoms with E-state index >= 15 is 0 Å². The van der Waals surface area contributed by atoms with E-state index in [-0.39, 0.29) is 11.9 Å². The lowest BCUT2D eigenvalue weighted by Gasteiger charge is -2.26. The second kappa shape index (κ2) is 6.17. The number of hydrogen-bond donors (Lipinski definition) is 2. The minimum Gasteiger partial charge on any atom is -0.368 e. The Labute approximate surface area is 120 Å². The van der Waals surface area contributed by atoms with Crippen molar-refractivity contribution in [1.29, 1.82) is 0 Å². The lowest BCUT2D eigenvalue weighted by atomic mass is 9.94. The Morgan fingerprint density at radius 2 is 2.17 bits per heavy atom. The van der Waals surface area contributed by atoms with Crippen LogP contribution in [0.3, 0.4) is 0 Å². The zero-order valence-corrected chi connectivity index (χ0v) is 12.9. The summed E-state index contributed by atoms with van der Waals surface area (Å²) >= 11 is 5.12. The van der Waals surface area contributed by atoms with E-state index in [9.17, 15) is 4.79 Å². The quantitative estimate of drug-likeness (QED) is 0.890. The van der Waals surface area contributed by atoms with Gasteiger partial charge in [-0.15, -0.1) is 11.3 Å². The number of aryl methyl sites for hydroxylation is 1. The number of halogens is 1. The van der Waals surface area contributed by atoms with Crippen molar-refractivity contribution < 1.29 is 4.79 Å². The fourth-order valence-electron chi connectivity index (χ4n) is 2.43. The van der Waals surface area contributed by atoms with Crippen LogP contribution in [0.2, 0.25) is 0 Å². The van der Waals surface area contributed by atoms with Crippen molar-refractivity contribution in [3.05, 3.63) is 20.3 Å². The molecule has 0 spiro atoms. The molecule has 1 atom stereocenters. The molecule has 1 aliphatic carbocycles. The van der Waals surface area contributed by atoms with Gasteiger partial charge in [0, 0.05) is 20.3 Å². The first-order valence-corrected chi connectivity index (χ1v) is 8.00. The molecule has 2 rings (SSSR count). The Balaban J connectivity index is 2.10. The van der Waals surface area contributed by atoms with E-state index in [4.69, 9.17) is 5.73 Å². The number of nitrogens with two attached hydrogens (primary N) is 1. The number of primary amides is 1. The lowest BCUT2D eigenvalue weighted by Crippen LogP contribution is -2.40. The third kappa shape index (κ3) is 3.33. The third-order valence-corrected chi connectivity index (χ3v) is 5.65. The van der Waals surface area contributed by atoms with Crippen LogP contribution in [-0.2, 0) is 4.79 Å². The normalized spacial score (nSPS) is 18.8. The predicted molar refractivity (Wildman–Crippen MR) is 78.7 cm³/mol. The smallest absolute Gasteiger partial charge is 0.240 e. The summed E-state index contributed by atoms with van der Waals surface area (Å²) < 4.78 is 1.05. The Kier molecular flexibility index (Phi) is 4.81. The van der Waals surface area contributed by atoms with Gasteiger partial charge in [-0.25, -0.2) is 0 Å². The van der Waals surface area contributed by atoms with E-state index in [0.717, 1.165) is 22.2 Å². The SMILES string of the molecule is Cc1sc(C(NC2CCCCC2)C(N)=O)cc1Br. The zero-order chi connectivity index (χ0) is 13.1. The number of hydrogen-bond acceptors (Lipinski definition) is 3. The number of carbonyl (C=O) groups excluding carboxylic acids is 1. The van der Waals surface area contributed by atoms with Crippen molar-refractivity contribution in [2.75, 3.05) is 0 Å². The van der Waals surface area contributed by atoms with Crippen molar-refractivity contribution in [3.8, 4) is 0 Å². The van der Waals surface area contributed by atoms with Crippen LogP contribution in [0.1, 0.15) is 47.9 Å². The van der Waals surface area contributed by atoms with Crippen LogP contribution in [0, 0.1) is 6.92 Å². The standard InChI is InChI=1S/C13H19BrN2OS/c1-8-10(14)7-11(18-8)12(13(15)17)16-9-5-3-2-4-6-9/h7,9,12,16H,2-6H2,1H3,(H2,15,17). The van der Waals surface area contributed by atoms with E-state index in [2.05, 4.69) is 21.2 Å². The van der Waals surface area contributed by atoms with Crippen LogP contribution < -0.4 is 11.1 Å². The first-order chi connectivity index (χ1) is 8.58. The highest BCUT2D eigenvalue weighted by Gasteiger charge is 2.24. The molecule has 1 aliphatic rings. The second-order valence-electron chi connectivity index (χ2n) is 4.89. The second-order valence-corrected chi connectivity index (χ2v) is 7.03. The number of thiophene rings is 1. The lowest BCUT2D eigenvalue weighted by molar-refractivity contribution is -0.120. The summed E-state index contributed by atoms with van der Waals surface area (Å²) in [5.74, 6) is -0.283. The van der Waals surface area contributed by atoms with Gasteiger partial charge in [0.05, 0.1) is 0 Å². The monoisotopic (exact) mass is 330 g/mol. The van der Waals surface area contributed by atoms with Crippen LogP contribution in [0.15, 0.2) is 10.5 Å². The van der Waals surface area contributed by atoms with Gasteiger partial charge < -0.3 is 5.73 Å². The zero-order valence-electron chi connectivity index (χ0n) is 10.5. The van der Waals surface area contributed by atoms with Gasteiger partial charge in [0.1, 0.15) is 6.04 Å². The van der Waals surface area contributed by atoms with Crippen LogP contribution in [-0.4, -0.2) is 11.9 Å². The first-order valence-electron chi connectivity index (χ1n) is 6.39. The highest BCUT2D eigenvalue weighted by Crippen LogP contribution is 2.31. The molecule has 0 aliphatic heterocycles. The van der Waals surface area contributed by atoms with Crippen LogP contribution in [0.25, 0.3) is 0 Å². The van der Waals surface area contributed by atoms with E-state index in [1.54, 1.807) is 11.3 Å². The molecule has 18 heavy (non-hydrogen) atoms. The number of nitrogens with one attached hydrogen (secondary N) is 1. The summed E-state index contributed by atoms with van der Waals surface area (Å²) in [6.45, 7) is 2.04. The van der Waals surface area contributed by atoms with Gasteiger partial charge in [-0.05, 0) is 41.8 Å². The Bertz CT molecular complexity index is 407. The minimum atomic E-state index is -0.344. The molecule has 1 aromatic heterocycles. The molecule has 0 radical (unpaired) electrons. The van der Waals surface area contributed by atoms with Gasteiger partial charge in [0.15, 0.2) is 0 Å². The topological polar surface area (TPSA) is 55.1 Å². The highest BCUT2D eigenvalue weighted by molar-refractivity contribution is 9.10. The fourth-order valence-corrected chi connectivity index (χ4v) is 4.06. The Morgan fingerprint density at radius 1 is 1.50 bits per heavy atom. The molecule has 100 valence electrons. The van der Waals surface area contributed by atoms with E-state index < -0.39 is 0 Å². The van der Waals surface area contributed by atoms with Crippen molar-refractivity contribution in [2.45, 2.75) is 51.1 Å². The van der Waals surface area contributed by atoms with E-state index in [1.165, 1.54) is 24.1 Å². The summed E-state index contributed by atoms with van der Waals surface area (Å²) in [5.41, 5.74) is 5.54. The van der Waals surface area contributed by atoms with Gasteiger partial charge >= 0.3 is 0 Å². The predicted octanol–water partition coefficient (Wildman–Crippen LogP) is 3.27. The average Bonchev–Trinajstić information content (AvgIpc) is 2.67. The summed E-state index contributed by atoms with van der Waals surface area (Å²) in [6.07, 6.45) is 6.10. The number of carbonyl (C=O) groups is 1. The first kappa shape index (κ1) is 14.0. The molecule has 0 bridgehead atoms. The summed E-state index contributed by atoms with van der Waals surface area (Å²) in [6, 6.07) is 2.09. The number of amides is 1. The molecule has 3 N–H and O–H groups in total. The maximum Gasteiger partial charge on any atom is 0.240 e. The van der Waals surface area contributed by atoms with E-state index in [0.29, 0.717) is 6.04 Å². The molecular formula is C13H19BrN2OS. The molecular weight excluding hydrogens is 312 g/mol. The molecule has 1 unspecified atom stereocenters. The van der Waals surface area contributed by atoms with Gasteiger partial charge in [-0.3, -0.25) is 10.1 Å². The van der Waals surface area contributed by atoms with Crippen LogP contribution in [0.4, 0.5) is 0 Å². The molecule has 0 saturated heterocycles. The van der Waals surface area contributed by atoms with Crippen LogP contribution >= 0.6 is 27.3 Å². The maximum atomic E-state index is 11.6. The third-order valence-electron chi connectivity index (χ3n) is 3.45. The molecule has 0 aromatic carbocycles. The molecule has 1 amide bonds. The van der Waals surface area contributed by atoms with Crippen molar-refractivity contribution in [3.63, 3.8) is 0 Å².